The van der Waals surface area contributed by atoms with Crippen molar-refractivity contribution in [2.45, 2.75) is 38.6 Å². The SMILES string of the molecule is C=CCN1C[C@H](c2nc3ccccc3n2Cc2ccc(C(C)C)cc2)CC1=O. The number of nitrogens with zero attached hydrogens (tertiary/aromatic N) is 3. The lowest BCUT2D eigenvalue weighted by Gasteiger charge is -2.16. The molecule has 0 aliphatic carbocycles. The standard InChI is InChI=1S/C24H27N3O/c1-4-13-26-16-20(14-23(26)28)24-25-21-7-5-6-8-22(21)27(24)15-18-9-11-19(12-10-18)17(2)3/h4-12,17,20H,1,13-16H2,2-3H3/t20-/m1/s1. The lowest BCUT2D eigenvalue weighted by molar-refractivity contribution is -0.127. The zero-order chi connectivity index (χ0) is 19.7. The minimum absolute atomic E-state index is 0.120. The Morgan fingerprint density at radius 3 is 2.64 bits per heavy atom. The van der Waals surface area contributed by atoms with Crippen LogP contribution in [0, 0.1) is 0 Å². The third-order valence-corrected chi connectivity index (χ3v) is 5.60. The Morgan fingerprint density at radius 1 is 1.18 bits per heavy atom. The molecule has 1 aliphatic rings. The van der Waals surface area contributed by atoms with Crippen molar-refractivity contribution >= 4 is 16.9 Å². The number of benzene rings is 2. The van der Waals surface area contributed by atoms with Crippen LogP contribution in [0.25, 0.3) is 11.0 Å². The fraction of sp³-hybridized carbons (Fsp3) is 0.333. The van der Waals surface area contributed by atoms with Crippen LogP contribution in [0.3, 0.4) is 0 Å². The summed E-state index contributed by atoms with van der Waals surface area (Å²) in [7, 11) is 0. The van der Waals surface area contributed by atoms with Gasteiger partial charge in [0.05, 0.1) is 11.0 Å². The van der Waals surface area contributed by atoms with Crippen LogP contribution in [0.5, 0.6) is 0 Å². The van der Waals surface area contributed by atoms with Crippen molar-refractivity contribution in [3.05, 3.63) is 78.1 Å². The summed E-state index contributed by atoms with van der Waals surface area (Å²) in [5, 5.41) is 0. The number of hydrogen-bond donors (Lipinski definition) is 0. The number of rotatable bonds is 6. The van der Waals surface area contributed by atoms with Gasteiger partial charge < -0.3 is 9.47 Å². The van der Waals surface area contributed by atoms with Gasteiger partial charge in [-0.15, -0.1) is 6.58 Å². The second-order valence-corrected chi connectivity index (χ2v) is 7.93. The van der Waals surface area contributed by atoms with Gasteiger partial charge in [-0.1, -0.05) is 56.3 Å². The van der Waals surface area contributed by atoms with Crippen molar-refractivity contribution in [3.63, 3.8) is 0 Å². The first-order chi connectivity index (χ1) is 13.6. The van der Waals surface area contributed by atoms with E-state index < -0.39 is 0 Å². The van der Waals surface area contributed by atoms with E-state index in [4.69, 9.17) is 4.98 Å². The second kappa shape index (κ2) is 7.63. The van der Waals surface area contributed by atoms with Crippen LogP contribution in [0.2, 0.25) is 0 Å². The van der Waals surface area contributed by atoms with Crippen molar-refractivity contribution < 1.29 is 4.79 Å². The summed E-state index contributed by atoms with van der Waals surface area (Å²) in [6.45, 7) is 10.3. The van der Waals surface area contributed by atoms with Gasteiger partial charge in [0.25, 0.3) is 0 Å². The molecule has 1 atom stereocenters. The van der Waals surface area contributed by atoms with Crippen LogP contribution in [0.1, 0.15) is 49.1 Å². The van der Waals surface area contributed by atoms with Gasteiger partial charge in [-0.3, -0.25) is 4.79 Å². The molecule has 4 heteroatoms. The van der Waals surface area contributed by atoms with Crippen LogP contribution in [0.15, 0.2) is 61.2 Å². The Morgan fingerprint density at radius 2 is 1.93 bits per heavy atom. The molecule has 4 rings (SSSR count). The lowest BCUT2D eigenvalue weighted by atomic mass is 10.0. The molecule has 0 saturated carbocycles. The Bertz CT molecular complexity index is 1000. The summed E-state index contributed by atoms with van der Waals surface area (Å²) in [6, 6.07) is 17.1. The largest absolute Gasteiger partial charge is 0.338 e. The summed E-state index contributed by atoms with van der Waals surface area (Å²) in [5.41, 5.74) is 4.72. The molecular weight excluding hydrogens is 346 g/mol. The Labute approximate surface area is 166 Å². The molecule has 2 heterocycles. The number of carbonyl (C=O) groups excluding carboxylic acids is 1. The monoisotopic (exact) mass is 373 g/mol. The minimum Gasteiger partial charge on any atom is -0.338 e. The summed E-state index contributed by atoms with van der Waals surface area (Å²) >= 11 is 0. The maximum absolute atomic E-state index is 12.4. The predicted molar refractivity (Wildman–Crippen MR) is 114 cm³/mol. The Kier molecular flexibility index (Phi) is 5.03. The first kappa shape index (κ1) is 18.5. The number of fused-ring (bicyclic) bond motifs is 1. The van der Waals surface area contributed by atoms with Gasteiger partial charge in [0, 0.05) is 32.0 Å². The molecular formula is C24H27N3O. The van der Waals surface area contributed by atoms with Crippen LogP contribution in [-0.2, 0) is 11.3 Å². The molecule has 1 fully saturated rings. The zero-order valence-corrected chi connectivity index (χ0v) is 16.6. The summed E-state index contributed by atoms with van der Waals surface area (Å²) in [4.78, 5) is 19.2. The van der Waals surface area contributed by atoms with Gasteiger partial charge in [-0.05, 0) is 29.2 Å². The molecule has 144 valence electrons. The molecule has 0 bridgehead atoms. The van der Waals surface area contributed by atoms with Crippen LogP contribution in [-0.4, -0.2) is 33.4 Å². The van der Waals surface area contributed by atoms with Crippen molar-refractivity contribution in [2.24, 2.45) is 0 Å². The third kappa shape index (κ3) is 3.47. The molecule has 4 nitrogen and oxygen atoms in total. The molecule has 0 spiro atoms. The highest BCUT2D eigenvalue weighted by Crippen LogP contribution is 2.31. The van der Waals surface area contributed by atoms with Gasteiger partial charge in [-0.25, -0.2) is 4.98 Å². The number of likely N-dealkylation sites (tertiary alicyclic amines) is 1. The van der Waals surface area contributed by atoms with Crippen LogP contribution >= 0.6 is 0 Å². The van der Waals surface area contributed by atoms with Crippen LogP contribution < -0.4 is 0 Å². The van der Waals surface area contributed by atoms with Gasteiger partial charge >= 0.3 is 0 Å². The van der Waals surface area contributed by atoms with E-state index in [1.54, 1.807) is 6.08 Å². The van der Waals surface area contributed by atoms with Crippen molar-refractivity contribution in [1.82, 2.24) is 14.5 Å². The molecule has 2 aromatic carbocycles. The predicted octanol–water partition coefficient (Wildman–Crippen LogP) is 4.71. The fourth-order valence-electron chi connectivity index (χ4n) is 4.04. The summed E-state index contributed by atoms with van der Waals surface area (Å²) < 4.78 is 2.29. The third-order valence-electron chi connectivity index (χ3n) is 5.60. The molecule has 1 saturated heterocycles. The average molecular weight is 374 g/mol. The highest BCUT2D eigenvalue weighted by molar-refractivity contribution is 5.81. The molecule has 3 aromatic rings. The van der Waals surface area contributed by atoms with E-state index in [-0.39, 0.29) is 11.8 Å². The molecule has 28 heavy (non-hydrogen) atoms. The smallest absolute Gasteiger partial charge is 0.223 e. The van der Waals surface area contributed by atoms with E-state index in [9.17, 15) is 4.79 Å². The summed E-state index contributed by atoms with van der Waals surface area (Å²) in [6.07, 6.45) is 2.31. The van der Waals surface area contributed by atoms with Crippen LogP contribution in [0.4, 0.5) is 0 Å². The Hall–Kier alpha value is -2.88. The second-order valence-electron chi connectivity index (χ2n) is 7.93. The van der Waals surface area contributed by atoms with Gasteiger partial charge in [-0.2, -0.15) is 0 Å². The summed E-state index contributed by atoms with van der Waals surface area (Å²) in [5.74, 6) is 1.84. The normalized spacial score (nSPS) is 17.0. The quantitative estimate of drug-likeness (QED) is 0.587. The highest BCUT2D eigenvalue weighted by Gasteiger charge is 2.33. The number of hydrogen-bond acceptors (Lipinski definition) is 2. The number of imidazole rings is 1. The first-order valence-corrected chi connectivity index (χ1v) is 9.99. The number of carbonyl (C=O) groups is 1. The average Bonchev–Trinajstić information content (AvgIpc) is 3.23. The number of amides is 1. The molecule has 1 amide bonds. The molecule has 1 aromatic heterocycles. The van der Waals surface area contributed by atoms with Gasteiger partial charge in [0.15, 0.2) is 0 Å². The minimum atomic E-state index is 0.120. The van der Waals surface area contributed by atoms with E-state index in [1.165, 1.54) is 11.1 Å². The lowest BCUT2D eigenvalue weighted by Crippen LogP contribution is -2.25. The van der Waals surface area contributed by atoms with Gasteiger partial charge in [0.1, 0.15) is 5.82 Å². The molecule has 1 aliphatic heterocycles. The van der Waals surface area contributed by atoms with E-state index >= 15 is 0 Å². The van der Waals surface area contributed by atoms with Gasteiger partial charge in [0.2, 0.25) is 5.91 Å². The number of aromatic nitrogens is 2. The van der Waals surface area contributed by atoms with Crippen molar-refractivity contribution in [3.8, 4) is 0 Å². The number of para-hydroxylation sites is 2. The zero-order valence-electron chi connectivity index (χ0n) is 16.6. The van der Waals surface area contributed by atoms with E-state index in [2.05, 4.69) is 67.5 Å². The first-order valence-electron chi connectivity index (χ1n) is 9.99. The molecule has 0 unspecified atom stereocenters. The highest BCUT2D eigenvalue weighted by atomic mass is 16.2. The fourth-order valence-corrected chi connectivity index (χ4v) is 4.04. The van der Waals surface area contributed by atoms with E-state index in [0.717, 1.165) is 23.4 Å². The maximum Gasteiger partial charge on any atom is 0.223 e. The molecule has 0 N–H and O–H groups in total. The van der Waals surface area contributed by atoms with E-state index in [0.29, 0.717) is 25.4 Å². The van der Waals surface area contributed by atoms with Crippen molar-refractivity contribution in [2.75, 3.05) is 13.1 Å². The molecule has 0 radical (unpaired) electrons. The maximum atomic E-state index is 12.4. The Balaban J connectivity index is 1.70. The van der Waals surface area contributed by atoms with E-state index in [1.807, 2.05) is 11.0 Å². The topological polar surface area (TPSA) is 38.1 Å². The van der Waals surface area contributed by atoms with Crippen molar-refractivity contribution in [1.29, 1.82) is 0 Å².